The third-order valence-corrected chi connectivity index (χ3v) is 1.79. The Balaban J connectivity index is 4.47. The molecule has 2 unspecified atom stereocenters. The molecule has 0 saturated heterocycles. The summed E-state index contributed by atoms with van der Waals surface area (Å²) >= 11 is 0. The molecule has 2 atom stereocenters. The number of aliphatic hydroxyl groups excluding tert-OH is 1. The van der Waals surface area contributed by atoms with Crippen LogP contribution in [0, 0.1) is 0 Å². The Hall–Kier alpha value is -1.51. The Kier molecular flexibility index (Phi) is 5.20. The maximum atomic E-state index is 11.9. The first-order valence-corrected chi connectivity index (χ1v) is 4.54. The first-order chi connectivity index (χ1) is 7.54. The van der Waals surface area contributed by atoms with Gasteiger partial charge in [0.05, 0.1) is 6.10 Å². The summed E-state index contributed by atoms with van der Waals surface area (Å²) in [6, 6.07) is -2.88. The van der Waals surface area contributed by atoms with Crippen molar-refractivity contribution in [1.82, 2.24) is 10.2 Å². The first kappa shape index (κ1) is 15.5. The number of carboxylic acid groups (broad SMARTS) is 1. The largest absolute Gasteiger partial charge is 0.480 e. The third-order valence-electron chi connectivity index (χ3n) is 1.79. The third kappa shape index (κ3) is 5.95. The Morgan fingerprint density at radius 1 is 1.41 bits per heavy atom. The average Bonchev–Trinajstić information content (AvgIpc) is 2.09. The molecule has 0 heterocycles. The van der Waals surface area contributed by atoms with Crippen LogP contribution in [-0.4, -0.2) is 59.0 Å². The van der Waals surface area contributed by atoms with Crippen molar-refractivity contribution in [3.8, 4) is 0 Å². The number of hydrogen-bond acceptors (Lipinski definition) is 3. The lowest BCUT2D eigenvalue weighted by molar-refractivity contribution is -0.142. The minimum absolute atomic E-state index is 0.276. The summed E-state index contributed by atoms with van der Waals surface area (Å²) in [5, 5.41) is 19.4. The van der Waals surface area contributed by atoms with Crippen LogP contribution in [0.4, 0.5) is 18.0 Å². The second kappa shape index (κ2) is 5.71. The van der Waals surface area contributed by atoms with Crippen molar-refractivity contribution < 1.29 is 33.0 Å². The maximum Gasteiger partial charge on any atom is 0.406 e. The standard InChI is InChI=1S/C8H13F3N2O4/c1-4(14)5(6(15)16)12-7(17)13(2)3-8(9,10)11/h4-5,14H,3H2,1-2H3,(H,12,17)(H,15,16). The molecule has 0 aromatic carbocycles. The van der Waals surface area contributed by atoms with Crippen molar-refractivity contribution in [1.29, 1.82) is 0 Å². The van der Waals surface area contributed by atoms with E-state index < -0.39 is 36.9 Å². The smallest absolute Gasteiger partial charge is 0.406 e. The summed E-state index contributed by atoms with van der Waals surface area (Å²) in [5.74, 6) is -1.53. The quantitative estimate of drug-likeness (QED) is 0.663. The van der Waals surface area contributed by atoms with Crippen LogP contribution in [0.3, 0.4) is 0 Å². The van der Waals surface area contributed by atoms with Gasteiger partial charge in [0, 0.05) is 7.05 Å². The number of nitrogens with one attached hydrogen (secondary N) is 1. The average molecular weight is 258 g/mol. The van der Waals surface area contributed by atoms with Gasteiger partial charge >= 0.3 is 18.2 Å². The molecule has 0 aliphatic carbocycles. The van der Waals surface area contributed by atoms with Crippen molar-refractivity contribution in [3.05, 3.63) is 0 Å². The minimum Gasteiger partial charge on any atom is -0.480 e. The Labute approximate surface area is 95.0 Å². The first-order valence-electron chi connectivity index (χ1n) is 4.54. The number of hydrogen-bond donors (Lipinski definition) is 3. The monoisotopic (exact) mass is 258 g/mol. The highest BCUT2D eigenvalue weighted by Crippen LogP contribution is 2.15. The lowest BCUT2D eigenvalue weighted by Crippen LogP contribution is -2.52. The predicted molar refractivity (Wildman–Crippen MR) is 50.3 cm³/mol. The topological polar surface area (TPSA) is 89.9 Å². The molecule has 9 heteroatoms. The van der Waals surface area contributed by atoms with Gasteiger partial charge in [-0.15, -0.1) is 0 Å². The predicted octanol–water partition coefficient (Wildman–Crippen LogP) is 0.0241. The van der Waals surface area contributed by atoms with Gasteiger partial charge in [-0.05, 0) is 6.92 Å². The van der Waals surface area contributed by atoms with Crippen LogP contribution in [0.5, 0.6) is 0 Å². The number of alkyl halides is 3. The summed E-state index contributed by atoms with van der Waals surface area (Å²) in [5.41, 5.74) is 0. The van der Waals surface area contributed by atoms with Crippen LogP contribution in [0.15, 0.2) is 0 Å². The highest BCUT2D eigenvalue weighted by Gasteiger charge is 2.33. The second-order valence-corrected chi connectivity index (χ2v) is 3.48. The second-order valence-electron chi connectivity index (χ2n) is 3.48. The van der Waals surface area contributed by atoms with Gasteiger partial charge in [-0.1, -0.05) is 0 Å². The van der Waals surface area contributed by atoms with Gasteiger partial charge in [-0.2, -0.15) is 13.2 Å². The van der Waals surface area contributed by atoms with Crippen LogP contribution in [-0.2, 0) is 4.79 Å². The molecule has 0 fully saturated rings. The molecule has 0 aliphatic heterocycles. The lowest BCUT2D eigenvalue weighted by atomic mass is 10.2. The fourth-order valence-corrected chi connectivity index (χ4v) is 0.973. The van der Waals surface area contributed by atoms with Crippen molar-refractivity contribution in [2.24, 2.45) is 0 Å². The van der Waals surface area contributed by atoms with Crippen LogP contribution in [0.2, 0.25) is 0 Å². The van der Waals surface area contributed by atoms with E-state index in [1.165, 1.54) is 0 Å². The number of carboxylic acids is 1. The van der Waals surface area contributed by atoms with Crippen molar-refractivity contribution in [2.45, 2.75) is 25.2 Å². The number of rotatable bonds is 4. The number of urea groups is 1. The molecule has 0 aliphatic rings. The summed E-state index contributed by atoms with van der Waals surface area (Å²) < 4.78 is 35.8. The molecule has 0 saturated carbocycles. The summed E-state index contributed by atoms with van der Waals surface area (Å²) in [6.07, 6.45) is -5.99. The molecule has 0 aromatic heterocycles. The Morgan fingerprint density at radius 3 is 2.18 bits per heavy atom. The number of halogens is 3. The van der Waals surface area contributed by atoms with Crippen LogP contribution in [0.25, 0.3) is 0 Å². The molecule has 100 valence electrons. The van der Waals surface area contributed by atoms with Gasteiger partial charge in [0.1, 0.15) is 6.54 Å². The van der Waals surface area contributed by atoms with Gasteiger partial charge in [-0.3, -0.25) is 0 Å². The van der Waals surface area contributed by atoms with Crippen LogP contribution in [0.1, 0.15) is 6.92 Å². The number of amides is 2. The molecule has 2 amide bonds. The van der Waals surface area contributed by atoms with Crippen LogP contribution < -0.4 is 5.32 Å². The molecule has 0 bridgehead atoms. The van der Waals surface area contributed by atoms with E-state index in [2.05, 4.69) is 0 Å². The lowest BCUT2D eigenvalue weighted by Gasteiger charge is -2.23. The number of nitrogens with zero attached hydrogens (tertiary/aromatic N) is 1. The zero-order valence-corrected chi connectivity index (χ0v) is 9.15. The van der Waals surface area contributed by atoms with E-state index in [0.717, 1.165) is 14.0 Å². The van der Waals surface area contributed by atoms with Gasteiger partial charge in [0.15, 0.2) is 6.04 Å². The van der Waals surface area contributed by atoms with E-state index in [9.17, 15) is 22.8 Å². The van der Waals surface area contributed by atoms with E-state index in [0.29, 0.717) is 0 Å². The number of aliphatic carboxylic acids is 1. The number of carbonyl (C=O) groups is 2. The van der Waals surface area contributed by atoms with E-state index in [-0.39, 0.29) is 4.90 Å². The van der Waals surface area contributed by atoms with Crippen molar-refractivity contribution >= 4 is 12.0 Å². The summed E-state index contributed by atoms with van der Waals surface area (Å²) in [4.78, 5) is 22.0. The maximum absolute atomic E-state index is 11.9. The fourth-order valence-electron chi connectivity index (χ4n) is 0.973. The molecule has 0 radical (unpaired) electrons. The van der Waals surface area contributed by atoms with E-state index in [4.69, 9.17) is 10.2 Å². The van der Waals surface area contributed by atoms with Gasteiger partial charge in [0.25, 0.3) is 0 Å². The molecule has 0 aromatic rings. The molecule has 17 heavy (non-hydrogen) atoms. The van der Waals surface area contributed by atoms with Crippen molar-refractivity contribution in [2.75, 3.05) is 13.6 Å². The van der Waals surface area contributed by atoms with Gasteiger partial charge < -0.3 is 20.4 Å². The zero-order valence-electron chi connectivity index (χ0n) is 9.15. The zero-order chi connectivity index (χ0) is 13.8. The molecule has 3 N–H and O–H groups in total. The molecular formula is C8H13F3N2O4. The molecule has 0 rings (SSSR count). The van der Waals surface area contributed by atoms with E-state index >= 15 is 0 Å². The van der Waals surface area contributed by atoms with Gasteiger partial charge in [0.2, 0.25) is 0 Å². The molecular weight excluding hydrogens is 245 g/mol. The molecule has 6 nitrogen and oxygen atoms in total. The minimum atomic E-state index is -4.57. The number of carbonyl (C=O) groups excluding carboxylic acids is 1. The summed E-state index contributed by atoms with van der Waals surface area (Å²) in [6.45, 7) is -0.409. The normalized spacial score (nSPS) is 14.9. The fraction of sp³-hybridized carbons (Fsp3) is 0.750. The SMILES string of the molecule is CC(O)C(NC(=O)N(C)CC(F)(F)F)C(=O)O. The van der Waals surface area contributed by atoms with Gasteiger partial charge in [-0.25, -0.2) is 9.59 Å². The van der Waals surface area contributed by atoms with E-state index in [1.54, 1.807) is 5.32 Å². The van der Waals surface area contributed by atoms with E-state index in [1.807, 2.05) is 0 Å². The highest BCUT2D eigenvalue weighted by molar-refractivity contribution is 5.82. The Bertz CT molecular complexity index is 293. The molecule has 0 spiro atoms. The summed E-state index contributed by atoms with van der Waals surface area (Å²) in [7, 11) is 0.865. The highest BCUT2D eigenvalue weighted by atomic mass is 19.4. The van der Waals surface area contributed by atoms with Crippen molar-refractivity contribution in [3.63, 3.8) is 0 Å². The number of aliphatic hydroxyl groups is 1. The van der Waals surface area contributed by atoms with Crippen LogP contribution >= 0.6 is 0 Å². The Morgan fingerprint density at radius 2 is 1.88 bits per heavy atom.